The van der Waals surface area contributed by atoms with Crippen LogP contribution in [0.4, 0.5) is 0 Å². The van der Waals surface area contributed by atoms with Gasteiger partial charge in [-0.2, -0.15) is 0 Å². The first-order valence-electron chi connectivity index (χ1n) is 16.3. The molecule has 6 heteroatoms. The van der Waals surface area contributed by atoms with E-state index in [1.807, 2.05) is 6.21 Å². The zero-order chi connectivity index (χ0) is 28.1. The van der Waals surface area contributed by atoms with E-state index in [9.17, 15) is 25.2 Å². The number of aliphatic hydroxyl groups excluding tert-OH is 2. The number of carboxylic acids is 1. The van der Waals surface area contributed by atoms with Crippen molar-refractivity contribution in [1.82, 2.24) is 0 Å². The molecule has 1 aliphatic heterocycles. The van der Waals surface area contributed by atoms with Gasteiger partial charge in [-0.3, -0.25) is 9.79 Å². The van der Waals surface area contributed by atoms with Crippen LogP contribution in [-0.4, -0.2) is 57.0 Å². The molecule has 3 rings (SSSR count). The number of aliphatic imine (C=N–C) groups is 1. The number of rotatable bonds is 20. The number of nitrogens with zero attached hydrogens (tertiary/aromatic N) is 1. The molecule has 6 nitrogen and oxygen atoms in total. The predicted molar refractivity (Wildman–Crippen MR) is 158 cm³/mol. The fourth-order valence-electron chi connectivity index (χ4n) is 7.83. The minimum Gasteiger partial charge on any atom is -0.481 e. The third-order valence-electron chi connectivity index (χ3n) is 10.1. The van der Waals surface area contributed by atoms with Crippen molar-refractivity contribution in [2.75, 3.05) is 6.54 Å². The Morgan fingerprint density at radius 1 is 0.974 bits per heavy atom. The van der Waals surface area contributed by atoms with Crippen LogP contribution in [0.25, 0.3) is 0 Å². The molecule has 0 radical (unpaired) electrons. The van der Waals surface area contributed by atoms with Gasteiger partial charge in [-0.25, -0.2) is 0 Å². The highest BCUT2D eigenvalue weighted by Crippen LogP contribution is 2.60. The van der Waals surface area contributed by atoms with E-state index < -0.39 is 23.6 Å². The molecule has 1 heterocycles. The molecule has 1 spiro atoms. The second kappa shape index (κ2) is 16.3. The molecule has 2 aliphatic carbocycles. The van der Waals surface area contributed by atoms with Crippen LogP contribution in [0, 0.1) is 17.3 Å². The zero-order valence-corrected chi connectivity index (χ0v) is 24.7. The summed E-state index contributed by atoms with van der Waals surface area (Å²) in [7, 11) is 0. The molecule has 5 atom stereocenters. The lowest BCUT2D eigenvalue weighted by molar-refractivity contribution is -0.146. The number of aliphatic carboxylic acids is 1. The van der Waals surface area contributed by atoms with Crippen LogP contribution in [0.2, 0.25) is 0 Å². The lowest BCUT2D eigenvalue weighted by atomic mass is 9.73. The zero-order valence-electron chi connectivity index (χ0n) is 24.7. The summed E-state index contributed by atoms with van der Waals surface area (Å²) in [5.74, 6) is -1.27. The SMILES string of the molecule is CCCCCCCC(O)CCCCCCC(C(=O)O)C(O)CCC1(O)CC(CC2=CCN=C2)C2(CCCC2)C1. The fraction of sp³-hybridized carbons (Fsp3) is 0.879. The summed E-state index contributed by atoms with van der Waals surface area (Å²) in [6.07, 6.45) is 23.0. The lowest BCUT2D eigenvalue weighted by Crippen LogP contribution is -2.33. The summed E-state index contributed by atoms with van der Waals surface area (Å²) >= 11 is 0. The third-order valence-corrected chi connectivity index (χ3v) is 10.1. The molecular formula is C33H57NO5. The lowest BCUT2D eigenvalue weighted by Gasteiger charge is -2.32. The Balaban J connectivity index is 1.36. The summed E-state index contributed by atoms with van der Waals surface area (Å²) in [6.45, 7) is 2.98. The normalized spacial score (nSPS) is 26.3. The Morgan fingerprint density at radius 3 is 2.21 bits per heavy atom. The highest BCUT2D eigenvalue weighted by molar-refractivity contribution is 5.80. The average molecular weight is 548 g/mol. The number of hydrogen-bond acceptors (Lipinski definition) is 5. The molecule has 0 bridgehead atoms. The minimum absolute atomic E-state index is 0.186. The number of hydrogen-bond donors (Lipinski definition) is 4. The molecule has 4 N–H and O–H groups in total. The van der Waals surface area contributed by atoms with Gasteiger partial charge in [0.05, 0.1) is 30.3 Å². The van der Waals surface area contributed by atoms with Crippen LogP contribution >= 0.6 is 0 Å². The standard InChI is InChI=1S/C33H57NO5/c1-2-3-4-5-8-13-28(35)14-9-6-7-10-15-29(31(37)38)30(36)16-20-33(39)23-27(22-26-17-21-34-24-26)32(25-33)18-11-12-19-32/h17,24,27-30,35-36,39H,2-16,18-23,25H2,1H3,(H,37,38). The molecule has 3 aliphatic rings. The number of unbranched alkanes of at least 4 members (excludes halogenated alkanes) is 7. The van der Waals surface area contributed by atoms with Gasteiger partial charge >= 0.3 is 5.97 Å². The first-order valence-corrected chi connectivity index (χ1v) is 16.3. The third kappa shape index (κ3) is 10.3. The molecule has 0 aromatic carbocycles. The molecule has 2 saturated carbocycles. The van der Waals surface area contributed by atoms with E-state index in [-0.39, 0.29) is 11.5 Å². The van der Waals surface area contributed by atoms with Crippen molar-refractivity contribution in [3.8, 4) is 0 Å². The summed E-state index contributed by atoms with van der Waals surface area (Å²) in [5.41, 5.74) is 0.663. The molecule has 0 aromatic rings. The second-order valence-corrected chi connectivity index (χ2v) is 13.2. The molecule has 0 saturated heterocycles. The summed E-state index contributed by atoms with van der Waals surface area (Å²) in [6, 6.07) is 0. The molecular weight excluding hydrogens is 490 g/mol. The average Bonchev–Trinajstić information content (AvgIpc) is 3.64. The van der Waals surface area contributed by atoms with Gasteiger partial charge in [-0.15, -0.1) is 0 Å². The van der Waals surface area contributed by atoms with E-state index in [2.05, 4.69) is 18.0 Å². The quantitative estimate of drug-likeness (QED) is 0.123. The highest BCUT2D eigenvalue weighted by atomic mass is 16.4. The molecule has 224 valence electrons. The number of carboxylic acid groups (broad SMARTS) is 1. The second-order valence-electron chi connectivity index (χ2n) is 13.2. The molecule has 2 fully saturated rings. The summed E-state index contributed by atoms with van der Waals surface area (Å²) in [4.78, 5) is 16.3. The van der Waals surface area contributed by atoms with Crippen molar-refractivity contribution in [1.29, 1.82) is 0 Å². The smallest absolute Gasteiger partial charge is 0.309 e. The van der Waals surface area contributed by atoms with Gasteiger partial charge in [0, 0.05) is 6.21 Å². The van der Waals surface area contributed by atoms with Gasteiger partial charge in [0.1, 0.15) is 0 Å². The van der Waals surface area contributed by atoms with E-state index >= 15 is 0 Å². The van der Waals surface area contributed by atoms with E-state index in [4.69, 9.17) is 0 Å². The summed E-state index contributed by atoms with van der Waals surface area (Å²) < 4.78 is 0. The van der Waals surface area contributed by atoms with Crippen molar-refractivity contribution >= 4 is 12.2 Å². The van der Waals surface area contributed by atoms with Crippen molar-refractivity contribution in [2.45, 2.75) is 160 Å². The van der Waals surface area contributed by atoms with Gasteiger partial charge in [0.15, 0.2) is 0 Å². The Hall–Kier alpha value is -1.24. The Labute approximate surface area is 237 Å². The van der Waals surface area contributed by atoms with Crippen molar-refractivity contribution in [3.63, 3.8) is 0 Å². The molecule has 5 unspecified atom stereocenters. The van der Waals surface area contributed by atoms with Gasteiger partial charge in [-0.05, 0) is 81.1 Å². The van der Waals surface area contributed by atoms with E-state index in [1.54, 1.807) is 0 Å². The van der Waals surface area contributed by atoms with Gasteiger partial charge in [0.2, 0.25) is 0 Å². The van der Waals surface area contributed by atoms with Gasteiger partial charge < -0.3 is 20.4 Å². The largest absolute Gasteiger partial charge is 0.481 e. The minimum atomic E-state index is -0.933. The molecule has 39 heavy (non-hydrogen) atoms. The maximum absolute atomic E-state index is 12.0. The fourth-order valence-corrected chi connectivity index (χ4v) is 7.83. The van der Waals surface area contributed by atoms with Crippen molar-refractivity contribution < 1.29 is 25.2 Å². The number of aliphatic hydroxyl groups is 3. The van der Waals surface area contributed by atoms with Gasteiger partial charge in [0.25, 0.3) is 0 Å². The van der Waals surface area contributed by atoms with E-state index in [1.165, 1.54) is 56.9 Å². The molecule has 0 aromatic heterocycles. The van der Waals surface area contributed by atoms with E-state index in [0.29, 0.717) is 25.2 Å². The predicted octanol–water partition coefficient (Wildman–Crippen LogP) is 6.99. The van der Waals surface area contributed by atoms with Crippen LogP contribution in [0.5, 0.6) is 0 Å². The first kappa shape index (κ1) is 32.3. The van der Waals surface area contributed by atoms with Crippen LogP contribution in [0.15, 0.2) is 16.6 Å². The van der Waals surface area contributed by atoms with E-state index in [0.717, 1.165) is 70.8 Å². The van der Waals surface area contributed by atoms with Crippen LogP contribution in [0.1, 0.15) is 142 Å². The number of carbonyl (C=O) groups is 1. The van der Waals surface area contributed by atoms with Crippen molar-refractivity contribution in [2.24, 2.45) is 22.2 Å². The van der Waals surface area contributed by atoms with Crippen LogP contribution < -0.4 is 0 Å². The Bertz CT molecular complexity index is 789. The Morgan fingerprint density at radius 2 is 1.62 bits per heavy atom. The van der Waals surface area contributed by atoms with Gasteiger partial charge in [-0.1, -0.05) is 83.6 Å². The summed E-state index contributed by atoms with van der Waals surface area (Å²) in [5, 5.41) is 42.5. The number of allylic oxidation sites excluding steroid dienone is 1. The Kier molecular flexibility index (Phi) is 13.5. The first-order chi connectivity index (χ1) is 18.8. The van der Waals surface area contributed by atoms with Crippen molar-refractivity contribution in [3.05, 3.63) is 11.6 Å². The maximum atomic E-state index is 12.0. The topological polar surface area (TPSA) is 110 Å². The monoisotopic (exact) mass is 547 g/mol. The molecule has 0 amide bonds. The highest BCUT2D eigenvalue weighted by Gasteiger charge is 2.54. The van der Waals surface area contributed by atoms with Crippen LogP contribution in [0.3, 0.4) is 0 Å². The maximum Gasteiger partial charge on any atom is 0.309 e. The van der Waals surface area contributed by atoms with Crippen LogP contribution in [-0.2, 0) is 4.79 Å².